The molecule has 0 aliphatic carbocycles. The lowest BCUT2D eigenvalue weighted by Gasteiger charge is -2.42. The lowest BCUT2D eigenvalue weighted by Crippen LogP contribution is -2.60. The number of anilines is 2. The summed E-state index contributed by atoms with van der Waals surface area (Å²) in [6.45, 7) is 3.54. The molecule has 1 aromatic heterocycles. The van der Waals surface area contributed by atoms with Gasteiger partial charge in [-0.1, -0.05) is 42.5 Å². The molecule has 4 rings (SSSR count). The number of rotatable bonds is 5. The van der Waals surface area contributed by atoms with Gasteiger partial charge in [0.1, 0.15) is 11.3 Å². The summed E-state index contributed by atoms with van der Waals surface area (Å²) in [4.78, 5) is 27.4. The number of hydrogen-bond acceptors (Lipinski definition) is 4. The van der Waals surface area contributed by atoms with Crippen molar-refractivity contribution in [1.29, 1.82) is 0 Å². The maximum absolute atomic E-state index is 13.3. The number of furan rings is 1. The Bertz CT molecular complexity index is 1010. The molecule has 1 aliphatic rings. The minimum absolute atomic E-state index is 0.0469. The van der Waals surface area contributed by atoms with E-state index in [0.717, 1.165) is 11.3 Å². The third kappa shape index (κ3) is 3.54. The predicted molar refractivity (Wildman–Crippen MR) is 112 cm³/mol. The van der Waals surface area contributed by atoms with Crippen LogP contribution in [0.15, 0.2) is 77.4 Å². The van der Waals surface area contributed by atoms with Crippen LogP contribution in [0.4, 0.5) is 11.4 Å². The second-order valence-electron chi connectivity index (χ2n) is 7.50. The Labute approximate surface area is 169 Å². The van der Waals surface area contributed by atoms with Gasteiger partial charge in [-0.05, 0) is 43.7 Å². The highest BCUT2D eigenvalue weighted by Gasteiger charge is 2.43. The molecule has 0 saturated carbocycles. The predicted octanol–water partition coefficient (Wildman–Crippen LogP) is 3.72. The molecule has 2 heterocycles. The summed E-state index contributed by atoms with van der Waals surface area (Å²) in [5.41, 5.74) is 1.32. The number of amides is 2. The fraction of sp³-hybridized carbons (Fsp3) is 0.217. The fourth-order valence-corrected chi connectivity index (χ4v) is 3.65. The fourth-order valence-electron chi connectivity index (χ4n) is 3.65. The van der Waals surface area contributed by atoms with Gasteiger partial charge in [0.25, 0.3) is 0 Å². The molecule has 0 saturated heterocycles. The third-order valence-electron chi connectivity index (χ3n) is 5.18. The van der Waals surface area contributed by atoms with Gasteiger partial charge in [0.05, 0.1) is 30.2 Å². The molecule has 6 heteroatoms. The molecule has 2 N–H and O–H groups in total. The molecule has 148 valence electrons. The molecule has 0 spiro atoms. The maximum Gasteiger partial charge on any atom is 0.250 e. The largest absolute Gasteiger partial charge is 0.467 e. The molecule has 1 aliphatic heterocycles. The highest BCUT2D eigenvalue weighted by atomic mass is 16.3. The Kier molecular flexibility index (Phi) is 4.94. The quantitative estimate of drug-likeness (QED) is 0.697. The second-order valence-corrected chi connectivity index (χ2v) is 7.50. The lowest BCUT2D eigenvalue weighted by molar-refractivity contribution is -0.126. The van der Waals surface area contributed by atoms with E-state index in [1.54, 1.807) is 31.1 Å². The second kappa shape index (κ2) is 7.56. The number of para-hydroxylation sites is 2. The van der Waals surface area contributed by atoms with Gasteiger partial charge in [0.2, 0.25) is 11.8 Å². The van der Waals surface area contributed by atoms with Crippen LogP contribution in [-0.4, -0.2) is 23.9 Å². The van der Waals surface area contributed by atoms with E-state index in [9.17, 15) is 9.59 Å². The minimum Gasteiger partial charge on any atom is -0.467 e. The zero-order valence-electron chi connectivity index (χ0n) is 16.4. The number of carbonyl (C=O) groups excluding carboxylic acids is 2. The van der Waals surface area contributed by atoms with Crippen molar-refractivity contribution < 1.29 is 14.0 Å². The number of carbonyl (C=O) groups is 2. The summed E-state index contributed by atoms with van der Waals surface area (Å²) in [5.74, 6) is 0.319. The monoisotopic (exact) mass is 389 g/mol. The zero-order chi connectivity index (χ0) is 20.4. The van der Waals surface area contributed by atoms with E-state index in [2.05, 4.69) is 10.6 Å². The average molecular weight is 389 g/mol. The first-order chi connectivity index (χ1) is 14.0. The highest BCUT2D eigenvalue weighted by Crippen LogP contribution is 2.36. The van der Waals surface area contributed by atoms with Gasteiger partial charge in [-0.2, -0.15) is 0 Å². The van der Waals surface area contributed by atoms with E-state index in [-0.39, 0.29) is 24.4 Å². The number of nitrogens with one attached hydrogen (secondary N) is 2. The van der Waals surface area contributed by atoms with Crippen LogP contribution in [0.25, 0.3) is 0 Å². The van der Waals surface area contributed by atoms with Crippen LogP contribution >= 0.6 is 0 Å². The summed E-state index contributed by atoms with van der Waals surface area (Å²) in [7, 11) is 0. The Balaban J connectivity index is 1.60. The van der Waals surface area contributed by atoms with E-state index >= 15 is 0 Å². The first-order valence-electron chi connectivity index (χ1n) is 9.54. The van der Waals surface area contributed by atoms with Gasteiger partial charge in [-0.15, -0.1) is 0 Å². The molecule has 2 amide bonds. The molecule has 2 aromatic carbocycles. The molecular weight excluding hydrogens is 366 g/mol. The van der Waals surface area contributed by atoms with Crippen molar-refractivity contribution in [3.05, 3.63) is 84.3 Å². The summed E-state index contributed by atoms with van der Waals surface area (Å²) in [6, 6.07) is 20.6. The van der Waals surface area contributed by atoms with Crippen molar-refractivity contribution in [3.8, 4) is 0 Å². The number of nitrogens with zero attached hydrogens (tertiary/aromatic N) is 1. The number of fused-ring (bicyclic) bond motifs is 1. The number of benzene rings is 2. The van der Waals surface area contributed by atoms with Gasteiger partial charge < -0.3 is 9.73 Å². The van der Waals surface area contributed by atoms with Crippen LogP contribution in [0.5, 0.6) is 0 Å². The van der Waals surface area contributed by atoms with Gasteiger partial charge in [-0.25, -0.2) is 0 Å². The first-order valence-corrected chi connectivity index (χ1v) is 9.54. The normalized spacial score (nSPS) is 16.1. The van der Waals surface area contributed by atoms with Crippen molar-refractivity contribution >= 4 is 23.2 Å². The number of hydrogen-bond donors (Lipinski definition) is 2. The van der Waals surface area contributed by atoms with Crippen molar-refractivity contribution in [2.75, 3.05) is 16.8 Å². The van der Waals surface area contributed by atoms with Crippen molar-refractivity contribution in [2.45, 2.75) is 25.4 Å². The standard InChI is InChI=1S/C23H23N3O3/c1-23(2)22(28)25-17-11-6-7-12-18(17)26(23)20(27)15-24-21(19-13-8-14-29-19)16-9-4-3-5-10-16/h3-14,21,24H,15H2,1-2H3,(H,25,28)/t21-/m1/s1. The first kappa shape index (κ1) is 19.0. The molecule has 6 nitrogen and oxygen atoms in total. The van der Waals surface area contributed by atoms with Gasteiger partial charge in [0.15, 0.2) is 0 Å². The van der Waals surface area contributed by atoms with Crippen molar-refractivity contribution in [2.24, 2.45) is 0 Å². The molecule has 1 atom stereocenters. The third-order valence-corrected chi connectivity index (χ3v) is 5.18. The molecule has 29 heavy (non-hydrogen) atoms. The van der Waals surface area contributed by atoms with Gasteiger partial charge in [-0.3, -0.25) is 19.8 Å². The Hall–Kier alpha value is -3.38. The summed E-state index contributed by atoms with van der Waals surface area (Å²) in [6.07, 6.45) is 1.61. The van der Waals surface area contributed by atoms with E-state index in [1.165, 1.54) is 0 Å². The summed E-state index contributed by atoms with van der Waals surface area (Å²) < 4.78 is 5.59. The minimum atomic E-state index is -1.000. The molecule has 0 radical (unpaired) electrons. The SMILES string of the molecule is CC1(C)C(=O)Nc2ccccc2N1C(=O)CN[C@H](c1ccccc1)c1ccco1. The van der Waals surface area contributed by atoms with Crippen LogP contribution < -0.4 is 15.5 Å². The van der Waals surface area contributed by atoms with Gasteiger partial charge >= 0.3 is 0 Å². The van der Waals surface area contributed by atoms with Crippen LogP contribution in [0.1, 0.15) is 31.2 Å². The van der Waals surface area contributed by atoms with Crippen LogP contribution in [0.2, 0.25) is 0 Å². The van der Waals surface area contributed by atoms with Gasteiger partial charge in [0, 0.05) is 0 Å². The van der Waals surface area contributed by atoms with Crippen LogP contribution in [0, 0.1) is 0 Å². The summed E-state index contributed by atoms with van der Waals surface area (Å²) in [5, 5.41) is 6.18. The van der Waals surface area contributed by atoms with Crippen molar-refractivity contribution in [3.63, 3.8) is 0 Å². The Morgan fingerprint density at radius 1 is 1.07 bits per heavy atom. The van der Waals surface area contributed by atoms with Crippen LogP contribution in [-0.2, 0) is 9.59 Å². The molecule has 0 fully saturated rings. The molecule has 0 bridgehead atoms. The van der Waals surface area contributed by atoms with Crippen molar-refractivity contribution in [1.82, 2.24) is 5.32 Å². The maximum atomic E-state index is 13.3. The van der Waals surface area contributed by atoms with E-state index < -0.39 is 5.54 Å². The zero-order valence-corrected chi connectivity index (χ0v) is 16.4. The lowest BCUT2D eigenvalue weighted by atomic mass is 9.96. The molecular formula is C23H23N3O3. The van der Waals surface area contributed by atoms with Crippen LogP contribution in [0.3, 0.4) is 0 Å². The Morgan fingerprint density at radius 2 is 1.79 bits per heavy atom. The smallest absolute Gasteiger partial charge is 0.250 e. The highest BCUT2D eigenvalue weighted by molar-refractivity contribution is 6.14. The topological polar surface area (TPSA) is 74.6 Å². The molecule has 3 aromatic rings. The van der Waals surface area contributed by atoms with E-state index in [1.807, 2.05) is 60.7 Å². The van der Waals surface area contributed by atoms with E-state index in [4.69, 9.17) is 4.42 Å². The van der Waals surface area contributed by atoms with E-state index in [0.29, 0.717) is 11.4 Å². The molecule has 0 unspecified atom stereocenters. The summed E-state index contributed by atoms with van der Waals surface area (Å²) >= 11 is 0. The Morgan fingerprint density at radius 3 is 2.52 bits per heavy atom. The average Bonchev–Trinajstić information content (AvgIpc) is 3.24.